The molecule has 1 fully saturated rings. The predicted octanol–water partition coefficient (Wildman–Crippen LogP) is 6.72. The lowest BCUT2D eigenvalue weighted by molar-refractivity contribution is -0.123. The van der Waals surface area contributed by atoms with Crippen LogP contribution in [0.5, 0.6) is 0 Å². The molecule has 0 radical (unpaired) electrons. The number of para-hydroxylation sites is 2. The quantitative estimate of drug-likeness (QED) is 0.287. The fourth-order valence-electron chi connectivity index (χ4n) is 4.05. The summed E-state index contributed by atoms with van der Waals surface area (Å²) in [5.74, 6) is -0.371. The van der Waals surface area contributed by atoms with Crippen LogP contribution in [0.25, 0.3) is 6.08 Å². The van der Waals surface area contributed by atoms with Gasteiger partial charge in [0.25, 0.3) is 5.91 Å². The highest BCUT2D eigenvalue weighted by molar-refractivity contribution is 6.09. The van der Waals surface area contributed by atoms with Gasteiger partial charge >= 0.3 is 6.09 Å². The van der Waals surface area contributed by atoms with Crippen LogP contribution in [0.2, 0.25) is 0 Å². The monoisotopic (exact) mass is 460 g/mol. The number of benzene rings is 4. The van der Waals surface area contributed by atoms with E-state index in [1.807, 2.05) is 91.0 Å². The van der Waals surface area contributed by atoms with Gasteiger partial charge in [0.1, 0.15) is 0 Å². The average Bonchev–Trinajstić information content (AvgIpc) is 3.17. The van der Waals surface area contributed by atoms with Crippen molar-refractivity contribution in [1.82, 2.24) is 4.90 Å². The smallest absolute Gasteiger partial charge is 0.404 e. The Morgan fingerprint density at radius 1 is 0.657 bits per heavy atom. The van der Waals surface area contributed by atoms with Crippen molar-refractivity contribution in [2.75, 3.05) is 11.4 Å². The molecule has 0 unspecified atom stereocenters. The number of hydrogen-bond acceptors (Lipinski definition) is 4. The van der Waals surface area contributed by atoms with E-state index in [1.54, 1.807) is 6.08 Å². The van der Waals surface area contributed by atoms with E-state index in [1.165, 1.54) is 0 Å². The molecule has 1 heterocycles. The maximum atomic E-state index is 12.8. The zero-order valence-electron chi connectivity index (χ0n) is 19.1. The first-order valence-electron chi connectivity index (χ1n) is 11.5. The van der Waals surface area contributed by atoms with E-state index in [4.69, 9.17) is 4.74 Å². The van der Waals surface area contributed by atoms with E-state index in [0.717, 1.165) is 33.1 Å². The molecule has 5 heteroatoms. The Morgan fingerprint density at radius 3 is 1.74 bits per heavy atom. The highest BCUT2D eigenvalue weighted by Gasteiger charge is 2.36. The number of ether oxygens (including phenoxy) is 1. The minimum Gasteiger partial charge on any atom is -0.404 e. The molecular weight excluding hydrogens is 436 g/mol. The largest absolute Gasteiger partial charge is 0.422 e. The van der Waals surface area contributed by atoms with E-state index < -0.39 is 12.0 Å². The SMILES string of the molecule is O=C1O/C(=C/c2ccc(N(c3ccccc3)c3ccccc3)cc2)C(=O)N1CCc1ccccc1. The summed E-state index contributed by atoms with van der Waals surface area (Å²) in [6.45, 7) is 0.279. The van der Waals surface area contributed by atoms with Crippen molar-refractivity contribution >= 4 is 35.1 Å². The first kappa shape index (κ1) is 22.2. The van der Waals surface area contributed by atoms with Crippen LogP contribution in [-0.2, 0) is 16.0 Å². The van der Waals surface area contributed by atoms with Crippen LogP contribution in [0.1, 0.15) is 11.1 Å². The number of cyclic esters (lactones) is 1. The first-order chi connectivity index (χ1) is 17.2. The van der Waals surface area contributed by atoms with Crippen molar-refractivity contribution in [2.45, 2.75) is 6.42 Å². The Morgan fingerprint density at radius 2 is 1.17 bits per heavy atom. The topological polar surface area (TPSA) is 49.9 Å². The van der Waals surface area contributed by atoms with Crippen molar-refractivity contribution in [3.63, 3.8) is 0 Å². The number of nitrogens with zero attached hydrogens (tertiary/aromatic N) is 2. The lowest BCUT2D eigenvalue weighted by Gasteiger charge is -2.25. The Kier molecular flexibility index (Phi) is 6.39. The van der Waals surface area contributed by atoms with Gasteiger partial charge in [-0.05, 0) is 60.0 Å². The highest BCUT2D eigenvalue weighted by atomic mass is 16.6. The summed E-state index contributed by atoms with van der Waals surface area (Å²) in [4.78, 5) is 28.4. The minimum absolute atomic E-state index is 0.0405. The summed E-state index contributed by atoms with van der Waals surface area (Å²) in [5, 5.41) is 0. The molecule has 5 rings (SSSR count). The third kappa shape index (κ3) is 4.99. The summed E-state index contributed by atoms with van der Waals surface area (Å²) in [5.41, 5.74) is 4.89. The van der Waals surface area contributed by atoms with Gasteiger partial charge in [-0.25, -0.2) is 9.69 Å². The molecule has 0 aliphatic carbocycles. The maximum absolute atomic E-state index is 12.8. The van der Waals surface area contributed by atoms with Gasteiger partial charge < -0.3 is 9.64 Å². The second-order valence-corrected chi connectivity index (χ2v) is 8.17. The van der Waals surface area contributed by atoms with Gasteiger partial charge in [0.15, 0.2) is 5.76 Å². The molecule has 4 aromatic rings. The van der Waals surface area contributed by atoms with E-state index in [9.17, 15) is 9.59 Å². The average molecular weight is 461 g/mol. The van der Waals surface area contributed by atoms with Crippen molar-refractivity contribution < 1.29 is 14.3 Å². The van der Waals surface area contributed by atoms with E-state index in [2.05, 4.69) is 29.2 Å². The molecule has 0 N–H and O–H groups in total. The van der Waals surface area contributed by atoms with Crippen molar-refractivity contribution in [3.05, 3.63) is 132 Å². The highest BCUT2D eigenvalue weighted by Crippen LogP contribution is 2.34. The van der Waals surface area contributed by atoms with Gasteiger partial charge in [-0.15, -0.1) is 0 Å². The maximum Gasteiger partial charge on any atom is 0.422 e. The third-order valence-corrected chi connectivity index (χ3v) is 5.82. The molecule has 35 heavy (non-hydrogen) atoms. The molecule has 0 saturated carbocycles. The molecule has 1 aliphatic heterocycles. The summed E-state index contributed by atoms with van der Waals surface area (Å²) in [7, 11) is 0. The van der Waals surface area contributed by atoms with E-state index >= 15 is 0 Å². The molecule has 2 amide bonds. The molecule has 0 atom stereocenters. The molecule has 0 aromatic heterocycles. The molecule has 1 saturated heterocycles. The third-order valence-electron chi connectivity index (χ3n) is 5.82. The molecule has 5 nitrogen and oxygen atoms in total. The minimum atomic E-state index is -0.631. The van der Waals surface area contributed by atoms with E-state index in [0.29, 0.717) is 6.42 Å². The Hall–Kier alpha value is -4.64. The Bertz CT molecular complexity index is 1300. The number of carbonyl (C=O) groups excluding carboxylic acids is 2. The second-order valence-electron chi connectivity index (χ2n) is 8.17. The van der Waals surface area contributed by atoms with Crippen molar-refractivity contribution in [3.8, 4) is 0 Å². The zero-order valence-corrected chi connectivity index (χ0v) is 19.1. The van der Waals surface area contributed by atoms with Crippen LogP contribution < -0.4 is 4.90 Å². The summed E-state index contributed by atoms with van der Waals surface area (Å²) >= 11 is 0. The number of anilines is 3. The molecule has 4 aromatic carbocycles. The van der Waals surface area contributed by atoms with Gasteiger partial charge in [-0.3, -0.25) is 4.79 Å². The van der Waals surface area contributed by atoms with Crippen LogP contribution in [0, 0.1) is 0 Å². The lowest BCUT2D eigenvalue weighted by atomic mass is 10.1. The number of imide groups is 1. The van der Waals surface area contributed by atoms with Gasteiger partial charge in [0.2, 0.25) is 0 Å². The normalized spacial score (nSPS) is 14.3. The predicted molar refractivity (Wildman–Crippen MR) is 137 cm³/mol. The van der Waals surface area contributed by atoms with Gasteiger partial charge in [-0.1, -0.05) is 78.9 Å². The number of carbonyl (C=O) groups is 2. The molecule has 0 bridgehead atoms. The summed E-state index contributed by atoms with van der Waals surface area (Å²) < 4.78 is 5.28. The van der Waals surface area contributed by atoms with Crippen molar-refractivity contribution in [2.24, 2.45) is 0 Å². The van der Waals surface area contributed by atoms with Gasteiger partial charge in [-0.2, -0.15) is 0 Å². The standard InChI is InChI=1S/C30H24N2O3/c33-29-28(35-30(34)31(29)21-20-23-10-4-1-5-11-23)22-24-16-18-27(19-17-24)32(25-12-6-2-7-13-25)26-14-8-3-9-15-26/h1-19,22H,20-21H2/b28-22+. The van der Waals surface area contributed by atoms with Gasteiger partial charge in [0.05, 0.1) is 0 Å². The number of rotatable bonds is 7. The fourth-order valence-corrected chi connectivity index (χ4v) is 4.05. The molecule has 172 valence electrons. The van der Waals surface area contributed by atoms with Crippen LogP contribution >= 0.6 is 0 Å². The van der Waals surface area contributed by atoms with Crippen LogP contribution in [0.4, 0.5) is 21.9 Å². The van der Waals surface area contributed by atoms with Crippen LogP contribution in [0.15, 0.2) is 121 Å². The zero-order chi connectivity index (χ0) is 24.0. The molecular formula is C30H24N2O3. The number of amides is 2. The lowest BCUT2D eigenvalue weighted by Crippen LogP contribution is -2.30. The summed E-state index contributed by atoms with van der Waals surface area (Å²) in [6, 6.07) is 37.8. The van der Waals surface area contributed by atoms with Crippen LogP contribution in [-0.4, -0.2) is 23.4 Å². The Labute approximate surface area is 204 Å². The second kappa shape index (κ2) is 10.1. The Balaban J connectivity index is 1.35. The number of hydrogen-bond donors (Lipinski definition) is 0. The van der Waals surface area contributed by atoms with Crippen molar-refractivity contribution in [1.29, 1.82) is 0 Å². The summed E-state index contributed by atoms with van der Waals surface area (Å²) in [6.07, 6.45) is 1.56. The van der Waals surface area contributed by atoms with Gasteiger partial charge in [0, 0.05) is 23.6 Å². The fraction of sp³-hybridized carbons (Fsp3) is 0.0667. The van der Waals surface area contributed by atoms with Crippen LogP contribution in [0.3, 0.4) is 0 Å². The van der Waals surface area contributed by atoms with E-state index in [-0.39, 0.29) is 12.3 Å². The molecule has 1 aliphatic rings. The molecule has 0 spiro atoms. The first-order valence-corrected chi connectivity index (χ1v) is 11.5.